The summed E-state index contributed by atoms with van der Waals surface area (Å²) in [6.07, 6.45) is 6.64. The number of rotatable bonds is 4. The Kier molecular flexibility index (Phi) is 5.81. The molecule has 2 fully saturated rings. The van der Waals surface area contributed by atoms with Crippen LogP contribution in [-0.4, -0.2) is 34.1 Å². The first-order chi connectivity index (χ1) is 9.06. The van der Waals surface area contributed by atoms with Crippen molar-refractivity contribution in [1.29, 1.82) is 0 Å². The van der Waals surface area contributed by atoms with Crippen LogP contribution in [0.15, 0.2) is 0 Å². The topological polar surface area (TPSA) is 37.4 Å². The number of hydrogen-bond acceptors (Lipinski definition) is 3. The summed E-state index contributed by atoms with van der Waals surface area (Å²) in [7, 11) is 0. The van der Waals surface area contributed by atoms with Gasteiger partial charge in [-0.25, -0.2) is 0 Å². The number of ketones is 1. The molecule has 1 heterocycles. The van der Waals surface area contributed by atoms with Gasteiger partial charge in [0.2, 0.25) is 0 Å². The van der Waals surface area contributed by atoms with Crippen molar-refractivity contribution in [1.82, 2.24) is 4.90 Å². The maximum Gasteiger partial charge on any atom is 0.195 e. The third-order valence-corrected chi connectivity index (χ3v) is 5.73. The molecule has 0 radical (unpaired) electrons. The molecule has 3 nitrogen and oxygen atoms in total. The van der Waals surface area contributed by atoms with Gasteiger partial charge in [-0.05, 0) is 87.0 Å². The smallest absolute Gasteiger partial charge is 0.195 e. The number of halogens is 1. The molecular formula is C15H24INO2. The van der Waals surface area contributed by atoms with E-state index in [0.29, 0.717) is 21.4 Å². The second-order valence-electron chi connectivity index (χ2n) is 6.21. The maximum atomic E-state index is 11.4. The molecule has 4 heteroatoms. The van der Waals surface area contributed by atoms with Gasteiger partial charge in [-0.3, -0.25) is 9.59 Å². The molecule has 0 aromatic carbocycles. The van der Waals surface area contributed by atoms with Crippen molar-refractivity contribution < 1.29 is 9.59 Å². The van der Waals surface area contributed by atoms with Gasteiger partial charge < -0.3 is 4.90 Å². The van der Waals surface area contributed by atoms with Crippen molar-refractivity contribution in [3.8, 4) is 0 Å². The standard InChI is InChI=1S/C15H24INO2/c1-11(18)13-4-2-12(3-5-13)10-17-8-6-14(7-9-17)15(16)19/h12-14H,2-10H2,1H3. The van der Waals surface area contributed by atoms with E-state index in [1.54, 1.807) is 6.92 Å². The lowest BCUT2D eigenvalue weighted by Gasteiger charge is -2.35. The molecule has 0 spiro atoms. The molecule has 0 bridgehead atoms. The van der Waals surface area contributed by atoms with Gasteiger partial charge in [-0.15, -0.1) is 0 Å². The van der Waals surface area contributed by atoms with E-state index in [1.165, 1.54) is 19.4 Å². The minimum Gasteiger partial charge on any atom is -0.303 e. The molecule has 0 atom stereocenters. The van der Waals surface area contributed by atoms with Gasteiger partial charge in [-0.1, -0.05) is 0 Å². The van der Waals surface area contributed by atoms with Gasteiger partial charge in [0, 0.05) is 18.4 Å². The fourth-order valence-electron chi connectivity index (χ4n) is 3.46. The van der Waals surface area contributed by atoms with Crippen LogP contribution in [0.25, 0.3) is 0 Å². The third-order valence-electron chi connectivity index (χ3n) is 4.85. The van der Waals surface area contributed by atoms with Crippen molar-refractivity contribution in [3.05, 3.63) is 0 Å². The molecule has 0 aromatic heterocycles. The highest BCUT2D eigenvalue weighted by molar-refractivity contribution is 14.1. The zero-order chi connectivity index (χ0) is 13.8. The Morgan fingerprint density at radius 1 is 1.00 bits per heavy atom. The van der Waals surface area contributed by atoms with E-state index in [9.17, 15) is 9.59 Å². The molecule has 0 amide bonds. The van der Waals surface area contributed by atoms with Gasteiger partial charge in [-0.2, -0.15) is 0 Å². The molecule has 1 saturated heterocycles. The van der Waals surface area contributed by atoms with Gasteiger partial charge in [0.25, 0.3) is 0 Å². The summed E-state index contributed by atoms with van der Waals surface area (Å²) in [5, 5.41) is 0. The Balaban J connectivity index is 1.69. The summed E-state index contributed by atoms with van der Waals surface area (Å²) in [6.45, 7) is 5.06. The summed E-state index contributed by atoms with van der Waals surface area (Å²) < 4.78 is 0.333. The number of carbonyl (C=O) groups excluding carboxylic acids is 2. The third kappa shape index (κ3) is 4.52. The number of carbonyl (C=O) groups is 2. The maximum absolute atomic E-state index is 11.4. The predicted molar refractivity (Wildman–Crippen MR) is 84.3 cm³/mol. The van der Waals surface area contributed by atoms with Crippen molar-refractivity contribution in [2.75, 3.05) is 19.6 Å². The van der Waals surface area contributed by atoms with Crippen LogP contribution in [0.4, 0.5) is 0 Å². The summed E-state index contributed by atoms with van der Waals surface area (Å²) >= 11 is 1.94. The number of hydrogen-bond donors (Lipinski definition) is 0. The molecule has 2 aliphatic rings. The van der Waals surface area contributed by atoms with Crippen LogP contribution in [0.1, 0.15) is 45.4 Å². The van der Waals surface area contributed by atoms with Crippen LogP contribution in [-0.2, 0) is 9.59 Å². The van der Waals surface area contributed by atoms with Crippen molar-refractivity contribution in [2.24, 2.45) is 17.8 Å². The lowest BCUT2D eigenvalue weighted by molar-refractivity contribution is -0.121. The Labute approximate surface area is 129 Å². The molecule has 0 unspecified atom stereocenters. The van der Waals surface area contributed by atoms with Gasteiger partial charge >= 0.3 is 0 Å². The molecule has 108 valence electrons. The summed E-state index contributed by atoms with van der Waals surface area (Å²) in [4.78, 5) is 25.2. The van der Waals surface area contributed by atoms with E-state index in [0.717, 1.165) is 44.7 Å². The summed E-state index contributed by atoms with van der Waals surface area (Å²) in [5.74, 6) is 1.77. The minimum absolute atomic E-state index is 0.297. The Morgan fingerprint density at radius 3 is 2.05 bits per heavy atom. The van der Waals surface area contributed by atoms with Gasteiger partial charge in [0.1, 0.15) is 5.78 Å². The van der Waals surface area contributed by atoms with Crippen LogP contribution in [0.2, 0.25) is 0 Å². The first-order valence-electron chi connectivity index (χ1n) is 7.48. The minimum atomic E-state index is 0.297. The first kappa shape index (κ1) is 15.4. The average molecular weight is 377 g/mol. The second kappa shape index (κ2) is 7.16. The second-order valence-corrected chi connectivity index (χ2v) is 7.27. The lowest BCUT2D eigenvalue weighted by atomic mass is 9.80. The van der Waals surface area contributed by atoms with Crippen molar-refractivity contribution in [2.45, 2.75) is 45.4 Å². The van der Waals surface area contributed by atoms with E-state index < -0.39 is 0 Å². The van der Waals surface area contributed by atoms with Gasteiger partial charge in [0.15, 0.2) is 3.79 Å². The first-order valence-corrected chi connectivity index (χ1v) is 8.56. The van der Waals surface area contributed by atoms with Crippen molar-refractivity contribution in [3.63, 3.8) is 0 Å². The average Bonchev–Trinajstić information content (AvgIpc) is 2.40. The zero-order valence-electron chi connectivity index (χ0n) is 11.7. The molecule has 1 aliphatic heterocycles. The van der Waals surface area contributed by atoms with Crippen LogP contribution >= 0.6 is 22.6 Å². The molecule has 1 aliphatic carbocycles. The zero-order valence-corrected chi connectivity index (χ0v) is 13.9. The fraction of sp³-hybridized carbons (Fsp3) is 0.867. The monoisotopic (exact) mass is 377 g/mol. The van der Waals surface area contributed by atoms with Crippen LogP contribution in [0.5, 0.6) is 0 Å². The normalized spacial score (nSPS) is 30.2. The Bertz CT molecular complexity index is 297. The largest absolute Gasteiger partial charge is 0.303 e. The van der Waals surface area contributed by atoms with E-state index in [1.807, 2.05) is 22.6 Å². The van der Waals surface area contributed by atoms with E-state index >= 15 is 0 Å². The molecule has 2 rings (SSSR count). The molecule has 0 aromatic rings. The summed E-state index contributed by atoms with van der Waals surface area (Å²) in [5.41, 5.74) is 0. The van der Waals surface area contributed by atoms with Crippen LogP contribution in [0.3, 0.4) is 0 Å². The summed E-state index contributed by atoms with van der Waals surface area (Å²) in [6, 6.07) is 0. The molecule has 19 heavy (non-hydrogen) atoms. The van der Waals surface area contributed by atoms with E-state index in [4.69, 9.17) is 0 Å². The predicted octanol–water partition coefficient (Wildman–Crippen LogP) is 3.06. The van der Waals surface area contributed by atoms with Crippen LogP contribution in [0, 0.1) is 17.8 Å². The highest BCUT2D eigenvalue weighted by Gasteiger charge is 2.28. The van der Waals surface area contributed by atoms with Crippen LogP contribution < -0.4 is 0 Å². The number of piperidine rings is 1. The molecule has 1 saturated carbocycles. The highest BCUT2D eigenvalue weighted by Crippen LogP contribution is 2.31. The highest BCUT2D eigenvalue weighted by atomic mass is 127. The van der Waals surface area contributed by atoms with E-state index in [2.05, 4.69) is 4.90 Å². The molecule has 0 N–H and O–H groups in total. The number of likely N-dealkylation sites (tertiary alicyclic amines) is 1. The fourth-order valence-corrected chi connectivity index (χ4v) is 4.08. The van der Waals surface area contributed by atoms with Crippen molar-refractivity contribution >= 4 is 32.2 Å². The van der Waals surface area contributed by atoms with Gasteiger partial charge in [0.05, 0.1) is 0 Å². The lowest BCUT2D eigenvalue weighted by Crippen LogP contribution is -2.39. The SMILES string of the molecule is CC(=O)C1CCC(CN2CCC(C(=O)I)CC2)CC1. The number of Topliss-reactive ketones (excluding diaryl/α,β-unsaturated/α-hetero) is 1. The van der Waals surface area contributed by atoms with E-state index in [-0.39, 0.29) is 0 Å². The quantitative estimate of drug-likeness (QED) is 0.558. The Morgan fingerprint density at radius 2 is 1.58 bits per heavy atom. The number of nitrogens with zero attached hydrogens (tertiary/aromatic N) is 1. The molecular weight excluding hydrogens is 353 g/mol. The Hall–Kier alpha value is 0.0300.